The van der Waals surface area contributed by atoms with Gasteiger partial charge >= 0.3 is 0 Å². The van der Waals surface area contributed by atoms with Gasteiger partial charge in [-0.15, -0.1) is 0 Å². The molecule has 7 nitrogen and oxygen atoms in total. The lowest BCUT2D eigenvalue weighted by molar-refractivity contribution is -0.137. The van der Waals surface area contributed by atoms with Crippen molar-refractivity contribution in [2.75, 3.05) is 19.7 Å². The lowest BCUT2D eigenvalue weighted by atomic mass is 9.80. The van der Waals surface area contributed by atoms with E-state index in [-0.39, 0.29) is 41.3 Å². The van der Waals surface area contributed by atoms with Crippen LogP contribution < -0.4 is 5.32 Å². The molecule has 1 rings (SSSR count). The molecule has 1 heterocycles. The maximum atomic E-state index is 12.5. The standard InChI is InChI=1S/C25H42N2O5.2C2H6/c1-17(2)22(30)24(5,6)12-14-32-25(7,8)11-13-26-23(31)19(4)15-18(3)16-27-20(28)9-10-21(27)29;2*1-2/h9-10,17-19H,11-16H2,1-8H3,(H,26,31);2*1-2H3. The number of rotatable bonds is 14. The van der Waals surface area contributed by atoms with Crippen molar-refractivity contribution < 1.29 is 23.9 Å². The van der Waals surface area contributed by atoms with Gasteiger partial charge in [0.05, 0.1) is 5.60 Å². The van der Waals surface area contributed by atoms with Gasteiger partial charge in [-0.2, -0.15) is 0 Å². The summed E-state index contributed by atoms with van der Waals surface area (Å²) in [5, 5.41) is 2.96. The van der Waals surface area contributed by atoms with Crippen LogP contribution in [-0.4, -0.2) is 53.7 Å². The van der Waals surface area contributed by atoms with E-state index in [0.717, 1.165) is 0 Å². The number of carbonyl (C=O) groups is 4. The van der Waals surface area contributed by atoms with Crippen molar-refractivity contribution >= 4 is 23.5 Å². The normalized spacial score (nSPS) is 15.1. The minimum absolute atomic E-state index is 0.00549. The molecule has 0 aromatic carbocycles. The number of amides is 3. The third-order valence-electron chi connectivity index (χ3n) is 6.04. The van der Waals surface area contributed by atoms with Crippen LogP contribution in [-0.2, 0) is 23.9 Å². The summed E-state index contributed by atoms with van der Waals surface area (Å²) in [6, 6.07) is 0. The van der Waals surface area contributed by atoms with E-state index in [9.17, 15) is 19.2 Å². The molecule has 2 unspecified atom stereocenters. The first-order valence-corrected chi connectivity index (χ1v) is 13.7. The van der Waals surface area contributed by atoms with Gasteiger partial charge in [0, 0.05) is 49.1 Å². The van der Waals surface area contributed by atoms with Crippen molar-refractivity contribution in [3.05, 3.63) is 12.2 Å². The van der Waals surface area contributed by atoms with Crippen LogP contribution in [0.5, 0.6) is 0 Å². The molecule has 1 N–H and O–H groups in total. The first-order chi connectivity index (χ1) is 16.7. The van der Waals surface area contributed by atoms with E-state index >= 15 is 0 Å². The van der Waals surface area contributed by atoms with Crippen LogP contribution in [0.1, 0.15) is 102 Å². The van der Waals surface area contributed by atoms with E-state index in [4.69, 9.17) is 4.74 Å². The van der Waals surface area contributed by atoms with E-state index in [1.165, 1.54) is 17.1 Å². The summed E-state index contributed by atoms with van der Waals surface area (Å²) < 4.78 is 6.02. The van der Waals surface area contributed by atoms with Crippen molar-refractivity contribution in [1.82, 2.24) is 10.2 Å². The number of nitrogens with one attached hydrogen (secondary N) is 1. The Bertz CT molecular complexity index is 707. The highest BCUT2D eigenvalue weighted by Crippen LogP contribution is 2.27. The summed E-state index contributed by atoms with van der Waals surface area (Å²) in [6.07, 6.45) is 4.45. The number of nitrogens with zero attached hydrogens (tertiary/aromatic N) is 1. The van der Waals surface area contributed by atoms with Crippen LogP contribution in [0.3, 0.4) is 0 Å². The summed E-state index contributed by atoms with van der Waals surface area (Å²) in [5.74, 6) is -0.585. The fourth-order valence-electron chi connectivity index (χ4n) is 3.93. The predicted octanol–water partition coefficient (Wildman–Crippen LogP) is 5.57. The topological polar surface area (TPSA) is 92.8 Å². The molecule has 7 heteroatoms. The molecular formula is C29H54N2O5. The van der Waals surface area contributed by atoms with Crippen LogP contribution in [0.15, 0.2) is 12.2 Å². The van der Waals surface area contributed by atoms with Crippen LogP contribution >= 0.6 is 0 Å². The highest BCUT2D eigenvalue weighted by atomic mass is 16.5. The highest BCUT2D eigenvalue weighted by Gasteiger charge is 2.30. The Labute approximate surface area is 220 Å². The number of ketones is 1. The number of hydrogen-bond acceptors (Lipinski definition) is 5. The van der Waals surface area contributed by atoms with Crippen LogP contribution in [0, 0.1) is 23.2 Å². The zero-order chi connectivity index (χ0) is 28.7. The first-order valence-electron chi connectivity index (χ1n) is 13.7. The largest absolute Gasteiger partial charge is 0.375 e. The number of carbonyl (C=O) groups excluding carboxylic acids is 4. The van der Waals surface area contributed by atoms with Crippen LogP contribution in [0.4, 0.5) is 0 Å². The van der Waals surface area contributed by atoms with Gasteiger partial charge in [0.2, 0.25) is 5.91 Å². The molecule has 0 bridgehead atoms. The van der Waals surface area contributed by atoms with Crippen molar-refractivity contribution in [2.45, 2.75) is 108 Å². The van der Waals surface area contributed by atoms with Gasteiger partial charge in [0.25, 0.3) is 11.8 Å². The second kappa shape index (κ2) is 17.4. The van der Waals surface area contributed by atoms with Gasteiger partial charge in [-0.1, -0.05) is 69.2 Å². The molecule has 0 saturated heterocycles. The molecule has 0 aliphatic carbocycles. The fraction of sp³-hybridized carbons (Fsp3) is 0.793. The van der Waals surface area contributed by atoms with Crippen molar-refractivity contribution in [1.29, 1.82) is 0 Å². The van der Waals surface area contributed by atoms with Crippen molar-refractivity contribution in [3.63, 3.8) is 0 Å². The molecule has 0 aromatic rings. The Morgan fingerprint density at radius 3 is 1.89 bits per heavy atom. The number of hydrogen-bond donors (Lipinski definition) is 1. The summed E-state index contributed by atoms with van der Waals surface area (Å²) >= 11 is 0. The monoisotopic (exact) mass is 510 g/mol. The van der Waals surface area contributed by atoms with Gasteiger partial charge in [-0.25, -0.2) is 0 Å². The van der Waals surface area contributed by atoms with Gasteiger partial charge < -0.3 is 10.1 Å². The Morgan fingerprint density at radius 1 is 0.917 bits per heavy atom. The Kier molecular flexibility index (Phi) is 17.5. The summed E-state index contributed by atoms with van der Waals surface area (Å²) in [5.41, 5.74) is -0.824. The lowest BCUT2D eigenvalue weighted by Gasteiger charge is -2.30. The smallest absolute Gasteiger partial charge is 0.253 e. The summed E-state index contributed by atoms with van der Waals surface area (Å²) in [6.45, 7) is 24.8. The van der Waals surface area contributed by atoms with E-state index in [0.29, 0.717) is 39.0 Å². The van der Waals surface area contributed by atoms with Crippen molar-refractivity contribution in [2.24, 2.45) is 23.2 Å². The molecule has 0 radical (unpaired) electrons. The van der Waals surface area contributed by atoms with Gasteiger partial charge in [0.1, 0.15) is 5.78 Å². The molecule has 210 valence electrons. The lowest BCUT2D eigenvalue weighted by Crippen LogP contribution is -2.38. The molecular weight excluding hydrogens is 456 g/mol. The second-order valence-corrected chi connectivity index (χ2v) is 10.7. The van der Waals surface area contributed by atoms with Gasteiger partial charge in [-0.3, -0.25) is 24.1 Å². The molecule has 36 heavy (non-hydrogen) atoms. The van der Waals surface area contributed by atoms with Crippen LogP contribution in [0.2, 0.25) is 0 Å². The maximum absolute atomic E-state index is 12.5. The zero-order valence-corrected chi connectivity index (χ0v) is 25.1. The predicted molar refractivity (Wildman–Crippen MR) is 147 cm³/mol. The van der Waals surface area contributed by atoms with E-state index in [2.05, 4.69) is 5.32 Å². The number of ether oxygens (including phenoxy) is 1. The molecule has 1 aliphatic rings. The molecule has 2 atom stereocenters. The van der Waals surface area contributed by atoms with E-state index in [1.54, 1.807) is 0 Å². The fourth-order valence-corrected chi connectivity index (χ4v) is 3.93. The molecule has 1 aliphatic heterocycles. The Balaban J connectivity index is 0. The third kappa shape index (κ3) is 13.3. The minimum atomic E-state index is -0.412. The molecule has 3 amide bonds. The summed E-state index contributed by atoms with van der Waals surface area (Å²) in [4.78, 5) is 49.3. The second-order valence-electron chi connectivity index (χ2n) is 10.7. The highest BCUT2D eigenvalue weighted by molar-refractivity contribution is 6.12. The first kappa shape index (κ1) is 36.1. The van der Waals surface area contributed by atoms with Crippen molar-refractivity contribution in [3.8, 4) is 0 Å². The summed E-state index contributed by atoms with van der Waals surface area (Å²) in [7, 11) is 0. The average Bonchev–Trinajstić information content (AvgIpc) is 3.12. The molecule has 0 aromatic heterocycles. The van der Waals surface area contributed by atoms with Gasteiger partial charge in [0.15, 0.2) is 0 Å². The van der Waals surface area contributed by atoms with Gasteiger partial charge in [-0.05, 0) is 39.0 Å². The van der Waals surface area contributed by atoms with Crippen LogP contribution in [0.25, 0.3) is 0 Å². The Morgan fingerprint density at radius 2 is 1.42 bits per heavy atom. The Hall–Kier alpha value is -2.02. The minimum Gasteiger partial charge on any atom is -0.375 e. The maximum Gasteiger partial charge on any atom is 0.253 e. The quantitative estimate of drug-likeness (QED) is 0.308. The van der Waals surface area contributed by atoms with E-state index in [1.807, 2.05) is 83.1 Å². The van der Waals surface area contributed by atoms with E-state index < -0.39 is 11.0 Å². The third-order valence-corrected chi connectivity index (χ3v) is 6.04. The molecule has 0 spiro atoms. The molecule has 0 fully saturated rings. The molecule has 0 saturated carbocycles. The SMILES string of the molecule is CC.CC.CC(CC(C)C(=O)NCCC(C)(C)OCCC(C)(C)C(=O)C(C)C)CN1C(=O)C=CC1=O. The average molecular weight is 511 g/mol. The number of imide groups is 1. The zero-order valence-electron chi connectivity index (χ0n) is 25.1. The number of Topliss-reactive ketones (excluding diaryl/α,β-unsaturated/α-hetero) is 1.